The molecule has 0 aromatic carbocycles. The summed E-state index contributed by atoms with van der Waals surface area (Å²) in [5.74, 6) is -0.170. The van der Waals surface area contributed by atoms with E-state index in [9.17, 15) is 9.59 Å². The largest absolute Gasteiger partial charge is 0.434 e. The van der Waals surface area contributed by atoms with Crippen molar-refractivity contribution < 1.29 is 9.21 Å². The number of hydrogen-bond donors (Lipinski definition) is 2. The minimum absolute atomic E-state index is 0.0391. The maximum Gasteiger partial charge on any atom is 0.434 e. The van der Waals surface area contributed by atoms with Crippen LogP contribution in [0.3, 0.4) is 0 Å². The molecule has 1 aliphatic rings. The van der Waals surface area contributed by atoms with Crippen LogP contribution < -0.4 is 5.76 Å². The third-order valence-corrected chi connectivity index (χ3v) is 4.43. The van der Waals surface area contributed by atoms with Crippen LogP contribution in [0.1, 0.15) is 30.2 Å². The second-order valence-corrected chi connectivity index (χ2v) is 6.02. The zero-order chi connectivity index (χ0) is 16.5. The van der Waals surface area contributed by atoms with E-state index in [0.29, 0.717) is 25.4 Å². The van der Waals surface area contributed by atoms with Crippen molar-refractivity contribution in [2.75, 3.05) is 13.1 Å². The number of pyridine rings is 1. The molecule has 124 valence electrons. The number of nitrogens with one attached hydrogen (secondary N) is 2. The van der Waals surface area contributed by atoms with Gasteiger partial charge in [-0.1, -0.05) is 0 Å². The highest BCUT2D eigenvalue weighted by molar-refractivity contribution is 5.86. The molecule has 0 radical (unpaired) electrons. The molecular formula is C16H17N5O3. The summed E-state index contributed by atoms with van der Waals surface area (Å²) < 4.78 is 5.04. The zero-order valence-corrected chi connectivity index (χ0v) is 13.0. The van der Waals surface area contributed by atoms with Gasteiger partial charge in [0.25, 0.3) is 0 Å². The molecule has 1 aliphatic heterocycles. The first kappa shape index (κ1) is 14.7. The van der Waals surface area contributed by atoms with Gasteiger partial charge in [0.1, 0.15) is 0 Å². The first-order chi connectivity index (χ1) is 11.7. The van der Waals surface area contributed by atoms with E-state index in [-0.39, 0.29) is 11.8 Å². The lowest BCUT2D eigenvalue weighted by atomic mass is 9.97. The number of aromatic nitrogens is 4. The van der Waals surface area contributed by atoms with Gasteiger partial charge in [-0.15, -0.1) is 5.10 Å². The highest BCUT2D eigenvalue weighted by atomic mass is 16.4. The molecule has 8 nitrogen and oxygen atoms in total. The molecular weight excluding hydrogens is 310 g/mol. The molecule has 0 spiro atoms. The number of rotatable bonds is 3. The van der Waals surface area contributed by atoms with Crippen LogP contribution in [0.5, 0.6) is 0 Å². The summed E-state index contributed by atoms with van der Waals surface area (Å²) in [4.78, 5) is 33.0. The van der Waals surface area contributed by atoms with Crippen LogP contribution in [0.4, 0.5) is 0 Å². The summed E-state index contributed by atoms with van der Waals surface area (Å²) in [6, 6.07) is 3.80. The molecule has 2 N–H and O–H groups in total. The van der Waals surface area contributed by atoms with Crippen LogP contribution in [0.2, 0.25) is 0 Å². The van der Waals surface area contributed by atoms with Gasteiger partial charge in [-0.2, -0.15) is 0 Å². The number of fused-ring (bicyclic) bond motifs is 1. The number of H-pyrrole nitrogens is 2. The van der Waals surface area contributed by atoms with Crippen LogP contribution in [-0.2, 0) is 11.2 Å². The Bertz CT molecular complexity index is 925. The van der Waals surface area contributed by atoms with Crippen molar-refractivity contribution in [3.63, 3.8) is 0 Å². The Morgan fingerprint density at radius 3 is 3.21 bits per heavy atom. The molecule has 4 heterocycles. The molecule has 4 rings (SSSR count). The molecule has 0 bridgehead atoms. The lowest BCUT2D eigenvalue weighted by Crippen LogP contribution is -2.40. The molecule has 3 aromatic heterocycles. The number of carbonyl (C=O) groups excluding carboxylic acids is 1. The van der Waals surface area contributed by atoms with Crippen LogP contribution >= 0.6 is 0 Å². The van der Waals surface area contributed by atoms with Gasteiger partial charge in [0, 0.05) is 31.0 Å². The van der Waals surface area contributed by atoms with Gasteiger partial charge in [-0.3, -0.25) is 9.78 Å². The Morgan fingerprint density at radius 1 is 1.46 bits per heavy atom. The van der Waals surface area contributed by atoms with E-state index >= 15 is 0 Å². The van der Waals surface area contributed by atoms with Crippen LogP contribution in [0, 0.1) is 0 Å². The minimum Gasteiger partial charge on any atom is -0.392 e. The number of carbonyl (C=O) groups is 1. The third-order valence-electron chi connectivity index (χ3n) is 4.43. The number of hydrogen-bond acceptors (Lipinski definition) is 5. The van der Waals surface area contributed by atoms with E-state index in [4.69, 9.17) is 4.42 Å². The Hall–Kier alpha value is -2.90. The van der Waals surface area contributed by atoms with Crippen molar-refractivity contribution >= 4 is 16.9 Å². The van der Waals surface area contributed by atoms with E-state index in [1.54, 1.807) is 6.20 Å². The summed E-state index contributed by atoms with van der Waals surface area (Å²) in [5, 5.41) is 6.17. The van der Waals surface area contributed by atoms with Gasteiger partial charge in [-0.25, -0.2) is 9.89 Å². The van der Waals surface area contributed by atoms with Gasteiger partial charge in [0.15, 0.2) is 0 Å². The van der Waals surface area contributed by atoms with E-state index < -0.39 is 5.76 Å². The lowest BCUT2D eigenvalue weighted by Gasteiger charge is -2.31. The number of aromatic amines is 2. The molecule has 1 saturated heterocycles. The fourth-order valence-corrected chi connectivity index (χ4v) is 3.24. The predicted octanol–water partition coefficient (Wildman–Crippen LogP) is 1.19. The Labute approximate surface area is 136 Å². The maximum atomic E-state index is 12.7. The van der Waals surface area contributed by atoms with Gasteiger partial charge >= 0.3 is 5.76 Å². The highest BCUT2D eigenvalue weighted by Crippen LogP contribution is 2.25. The standard InChI is InChI=1S/C16H17N5O3/c22-13(7-11-8-18-12-4-1-5-17-14(11)12)21-6-2-3-10(9-21)15-19-20-16(23)24-15/h1,4-5,8,10,18H,2-3,6-7,9H2,(H,20,23). The van der Waals surface area contributed by atoms with Crippen molar-refractivity contribution in [1.82, 2.24) is 25.1 Å². The first-order valence-electron chi connectivity index (χ1n) is 7.95. The van der Waals surface area contributed by atoms with Crippen molar-refractivity contribution in [2.45, 2.75) is 25.2 Å². The fourth-order valence-electron chi connectivity index (χ4n) is 3.24. The molecule has 1 atom stereocenters. The molecule has 1 fully saturated rings. The zero-order valence-electron chi connectivity index (χ0n) is 13.0. The quantitative estimate of drug-likeness (QED) is 0.751. The molecule has 24 heavy (non-hydrogen) atoms. The topological polar surface area (TPSA) is 108 Å². The van der Waals surface area contributed by atoms with Gasteiger partial charge in [-0.05, 0) is 25.0 Å². The van der Waals surface area contributed by atoms with E-state index in [0.717, 1.165) is 29.4 Å². The molecule has 0 aliphatic carbocycles. The summed E-state index contributed by atoms with van der Waals surface area (Å²) in [6.07, 6.45) is 5.57. The van der Waals surface area contributed by atoms with Gasteiger partial charge in [0.05, 0.1) is 23.4 Å². The predicted molar refractivity (Wildman–Crippen MR) is 85.5 cm³/mol. The first-order valence-corrected chi connectivity index (χ1v) is 7.95. The van der Waals surface area contributed by atoms with Crippen LogP contribution in [0.15, 0.2) is 33.7 Å². The second kappa shape index (κ2) is 5.95. The smallest absolute Gasteiger partial charge is 0.392 e. The average Bonchev–Trinajstić information content (AvgIpc) is 3.22. The monoisotopic (exact) mass is 327 g/mol. The van der Waals surface area contributed by atoms with E-state index in [2.05, 4.69) is 20.2 Å². The molecule has 1 amide bonds. The van der Waals surface area contributed by atoms with Crippen molar-refractivity contribution in [1.29, 1.82) is 0 Å². The normalized spacial score (nSPS) is 18.2. The third kappa shape index (κ3) is 2.70. The maximum absolute atomic E-state index is 12.7. The van der Waals surface area contributed by atoms with Crippen LogP contribution in [0.25, 0.3) is 11.0 Å². The number of piperidine rings is 1. The Kier molecular flexibility index (Phi) is 3.64. The number of amides is 1. The van der Waals surface area contributed by atoms with Crippen molar-refractivity contribution in [3.8, 4) is 0 Å². The van der Waals surface area contributed by atoms with E-state index in [1.807, 2.05) is 23.2 Å². The number of likely N-dealkylation sites (tertiary alicyclic amines) is 1. The van der Waals surface area contributed by atoms with Crippen molar-refractivity contribution in [2.24, 2.45) is 0 Å². The average molecular weight is 327 g/mol. The fraction of sp³-hybridized carbons (Fsp3) is 0.375. The summed E-state index contributed by atoms with van der Waals surface area (Å²) in [6.45, 7) is 1.22. The van der Waals surface area contributed by atoms with Crippen LogP contribution in [-0.4, -0.2) is 44.1 Å². The SMILES string of the molecule is O=C(Cc1c[nH]c2cccnc12)N1CCCC(c2n[nH]c(=O)o2)C1. The summed E-state index contributed by atoms with van der Waals surface area (Å²) >= 11 is 0. The van der Waals surface area contributed by atoms with Gasteiger partial charge < -0.3 is 14.3 Å². The second-order valence-electron chi connectivity index (χ2n) is 6.02. The molecule has 8 heteroatoms. The molecule has 3 aromatic rings. The lowest BCUT2D eigenvalue weighted by molar-refractivity contribution is -0.131. The molecule has 0 saturated carbocycles. The Balaban J connectivity index is 1.48. The number of nitrogens with zero attached hydrogens (tertiary/aromatic N) is 3. The Morgan fingerprint density at radius 2 is 2.38 bits per heavy atom. The summed E-state index contributed by atoms with van der Waals surface area (Å²) in [7, 11) is 0. The van der Waals surface area contributed by atoms with Crippen molar-refractivity contribution in [3.05, 3.63) is 46.5 Å². The summed E-state index contributed by atoms with van der Waals surface area (Å²) in [5.41, 5.74) is 2.65. The van der Waals surface area contributed by atoms with E-state index in [1.165, 1.54) is 0 Å². The molecule has 1 unspecified atom stereocenters. The van der Waals surface area contributed by atoms with Gasteiger partial charge in [0.2, 0.25) is 11.8 Å². The minimum atomic E-state index is -0.557. The highest BCUT2D eigenvalue weighted by Gasteiger charge is 2.28.